The number of rotatable bonds is 12. The SMILES string of the molecule is C[C@@H]1C[C@@H](c2cc3c(Cl)cccc3s2)CCN1C[C@H](O)COc1cccc2[nH]ccc12.C[C@H]1C[C@H](c2cc3c(Cl)cccc3s2)CCN1C[C@H](O)COc1cccc2[nH]ccc12.O=C(O)C(=O)O.O=C(O)C(=O)O. The van der Waals surface area contributed by atoms with Gasteiger partial charge in [-0.15, -0.1) is 22.7 Å². The van der Waals surface area contributed by atoms with E-state index in [1.54, 1.807) is 0 Å². The maximum atomic E-state index is 10.6. The molecule has 8 N–H and O–H groups in total. The van der Waals surface area contributed by atoms with Gasteiger partial charge in [0.25, 0.3) is 0 Å². The maximum Gasteiger partial charge on any atom is 0.414 e. The van der Waals surface area contributed by atoms with Gasteiger partial charge >= 0.3 is 23.9 Å². The second-order valence-electron chi connectivity index (χ2n) is 18.3. The van der Waals surface area contributed by atoms with Gasteiger partial charge < -0.3 is 50.1 Å². The van der Waals surface area contributed by atoms with Crippen LogP contribution in [0.25, 0.3) is 42.0 Å². The van der Waals surface area contributed by atoms with Gasteiger partial charge in [0.2, 0.25) is 0 Å². The molecule has 16 nitrogen and oxygen atoms in total. The van der Waals surface area contributed by atoms with Crippen LogP contribution in [0.15, 0.2) is 109 Å². The zero-order valence-corrected chi connectivity index (χ0v) is 43.7. The first-order chi connectivity index (χ1) is 35.4. The Morgan fingerprint density at radius 1 is 0.581 bits per heavy atom. The number of ether oxygens (including phenoxy) is 2. The number of thiophene rings is 2. The predicted molar refractivity (Wildman–Crippen MR) is 290 cm³/mol. The van der Waals surface area contributed by atoms with Crippen molar-refractivity contribution in [3.05, 3.63) is 129 Å². The number of hydrogen-bond acceptors (Lipinski definition) is 12. The molecule has 20 heteroatoms. The first-order valence-electron chi connectivity index (χ1n) is 24.0. The van der Waals surface area contributed by atoms with Crippen LogP contribution in [0.1, 0.15) is 61.1 Å². The van der Waals surface area contributed by atoms with Crippen molar-refractivity contribution in [2.45, 2.75) is 75.7 Å². The summed E-state index contributed by atoms with van der Waals surface area (Å²) in [7, 11) is 0. The van der Waals surface area contributed by atoms with Crippen LogP contribution >= 0.6 is 45.9 Å². The molecule has 0 amide bonds. The fourth-order valence-corrected chi connectivity index (χ4v) is 12.4. The van der Waals surface area contributed by atoms with E-state index < -0.39 is 36.1 Å². The molecule has 392 valence electrons. The number of H-pyrrole nitrogens is 2. The number of fused-ring (bicyclic) bond motifs is 4. The second-order valence-corrected chi connectivity index (χ2v) is 21.3. The number of β-amino-alcohol motifs (C(OH)–C–C–N with tert-alkyl or cyclic N) is 2. The molecule has 2 saturated heterocycles. The monoisotopic (exact) mass is 1090 g/mol. The summed E-state index contributed by atoms with van der Waals surface area (Å²) < 4.78 is 14.4. The molecule has 2 fully saturated rings. The van der Waals surface area contributed by atoms with Crippen LogP contribution in [0.3, 0.4) is 0 Å². The third kappa shape index (κ3) is 14.5. The van der Waals surface area contributed by atoms with E-state index in [0.717, 1.165) is 82.1 Å². The van der Waals surface area contributed by atoms with Crippen LogP contribution in [0, 0.1) is 0 Å². The summed E-state index contributed by atoms with van der Waals surface area (Å²) in [4.78, 5) is 50.4. The number of aliphatic hydroxyl groups is 2. The molecule has 8 aromatic rings. The van der Waals surface area contributed by atoms with E-state index in [4.69, 9.17) is 72.3 Å². The standard InChI is InChI=1S/2C25H27ClN2O2S.2C2H2O4/c2*1-16-12-17(25-13-20-21(26)4-2-7-24(20)31-25)9-11-28(16)14-18(29)15-30-23-6-3-5-22-19(23)8-10-27-22;2*3-1(4)2(5)6/h2*2-8,10,13,16-18,27,29H,9,11-12,14-15H2,1H3;2*(H,3,4)(H,5,6)/t16-,17+,18+;16-,17+,18-;;/m10../s1. The molecule has 0 radical (unpaired) electrons. The Bertz CT molecular complexity index is 2960. The number of halogens is 2. The summed E-state index contributed by atoms with van der Waals surface area (Å²) in [5.74, 6) is -4.56. The van der Waals surface area contributed by atoms with Gasteiger partial charge in [-0.1, -0.05) is 47.5 Å². The lowest BCUT2D eigenvalue weighted by Crippen LogP contribution is -2.45. The summed E-state index contributed by atoms with van der Waals surface area (Å²) in [6.07, 6.45) is 7.18. The highest BCUT2D eigenvalue weighted by atomic mass is 35.5. The first kappa shape index (κ1) is 55.5. The van der Waals surface area contributed by atoms with Gasteiger partial charge in [-0.25, -0.2) is 19.2 Å². The molecule has 6 heterocycles. The van der Waals surface area contributed by atoms with E-state index >= 15 is 0 Å². The minimum atomic E-state index is -1.82. The number of benzene rings is 4. The van der Waals surface area contributed by atoms with Gasteiger partial charge in [0, 0.05) is 99.3 Å². The fraction of sp³-hybridized carbons (Fsp3) is 0.333. The van der Waals surface area contributed by atoms with E-state index in [-0.39, 0.29) is 0 Å². The molecule has 2 aliphatic rings. The van der Waals surface area contributed by atoms with Crippen molar-refractivity contribution >= 4 is 112 Å². The van der Waals surface area contributed by atoms with Gasteiger partial charge in [0.1, 0.15) is 36.9 Å². The molecule has 10 rings (SSSR count). The van der Waals surface area contributed by atoms with Crippen molar-refractivity contribution in [1.82, 2.24) is 19.8 Å². The average Bonchev–Trinajstić information content (AvgIpc) is 4.22. The Balaban J connectivity index is 0.000000177. The van der Waals surface area contributed by atoms with Crippen LogP contribution in [-0.2, 0) is 19.2 Å². The molecular weight excluding hydrogens is 1030 g/mol. The lowest BCUT2D eigenvalue weighted by atomic mass is 9.90. The number of nitrogens with one attached hydrogen (secondary N) is 2. The number of likely N-dealkylation sites (tertiary alicyclic amines) is 2. The minimum Gasteiger partial charge on any atom is -0.490 e. The molecule has 0 saturated carbocycles. The number of aliphatic hydroxyl groups excluding tert-OH is 2. The van der Waals surface area contributed by atoms with Crippen molar-refractivity contribution in [2.75, 3.05) is 39.4 Å². The second kappa shape index (κ2) is 25.8. The topological polar surface area (TPSA) is 246 Å². The minimum absolute atomic E-state index is 0.297. The highest BCUT2D eigenvalue weighted by molar-refractivity contribution is 7.19. The highest BCUT2D eigenvalue weighted by Crippen LogP contribution is 2.42. The highest BCUT2D eigenvalue weighted by Gasteiger charge is 2.31. The molecular formula is C54H58Cl2N4O12S2. The molecule has 74 heavy (non-hydrogen) atoms. The number of carbonyl (C=O) groups is 4. The normalized spacial score (nSPS) is 18.8. The molecule has 0 aliphatic carbocycles. The Labute approximate surface area is 444 Å². The summed E-state index contributed by atoms with van der Waals surface area (Å²) in [5, 5.41) is 56.9. The number of carboxylic acid groups (broad SMARTS) is 4. The molecule has 0 unspecified atom stereocenters. The van der Waals surface area contributed by atoms with Gasteiger partial charge in [-0.05, 0) is 137 Å². The van der Waals surface area contributed by atoms with Gasteiger partial charge in [0.15, 0.2) is 0 Å². The smallest absolute Gasteiger partial charge is 0.414 e. The number of carboxylic acids is 4. The summed E-state index contributed by atoms with van der Waals surface area (Å²) in [6, 6.07) is 33.6. The zero-order chi connectivity index (χ0) is 53.1. The molecule has 4 aromatic heterocycles. The Morgan fingerprint density at radius 3 is 1.31 bits per heavy atom. The molecule has 2 aliphatic heterocycles. The zero-order valence-electron chi connectivity index (χ0n) is 40.5. The number of aromatic nitrogens is 2. The number of nitrogens with zero attached hydrogens (tertiary/aromatic N) is 2. The van der Waals surface area contributed by atoms with Crippen molar-refractivity contribution < 1.29 is 59.3 Å². The maximum absolute atomic E-state index is 10.6. The largest absolute Gasteiger partial charge is 0.490 e. The molecule has 4 aromatic carbocycles. The van der Waals surface area contributed by atoms with Crippen molar-refractivity contribution in [1.29, 1.82) is 0 Å². The molecule has 0 bridgehead atoms. The average molecular weight is 1090 g/mol. The van der Waals surface area contributed by atoms with Crippen LogP contribution in [-0.4, -0.2) is 138 Å². The van der Waals surface area contributed by atoms with E-state index in [2.05, 4.69) is 57.9 Å². The third-order valence-electron chi connectivity index (χ3n) is 13.1. The summed E-state index contributed by atoms with van der Waals surface area (Å²) in [6.45, 7) is 8.36. The first-order valence-corrected chi connectivity index (χ1v) is 26.3. The van der Waals surface area contributed by atoms with Gasteiger partial charge in [-0.2, -0.15) is 0 Å². The molecule has 0 spiro atoms. The van der Waals surface area contributed by atoms with E-state index in [1.165, 1.54) is 29.9 Å². The van der Waals surface area contributed by atoms with Crippen molar-refractivity contribution in [3.8, 4) is 11.5 Å². The van der Waals surface area contributed by atoms with Gasteiger partial charge in [-0.3, -0.25) is 9.80 Å². The third-order valence-corrected chi connectivity index (χ3v) is 16.3. The molecule has 6 atom stereocenters. The fourth-order valence-electron chi connectivity index (χ4n) is 9.38. The number of piperidine rings is 2. The van der Waals surface area contributed by atoms with Crippen LogP contribution in [0.4, 0.5) is 0 Å². The van der Waals surface area contributed by atoms with E-state index in [0.29, 0.717) is 50.2 Å². The number of aliphatic carboxylic acids is 4. The van der Waals surface area contributed by atoms with Gasteiger partial charge in [0.05, 0.1) is 0 Å². The lowest BCUT2D eigenvalue weighted by molar-refractivity contribution is -0.159. The lowest BCUT2D eigenvalue weighted by Gasteiger charge is -2.38. The van der Waals surface area contributed by atoms with Crippen molar-refractivity contribution in [3.63, 3.8) is 0 Å². The van der Waals surface area contributed by atoms with Crippen LogP contribution < -0.4 is 9.47 Å². The quantitative estimate of drug-likeness (QED) is 0.0531. The van der Waals surface area contributed by atoms with E-state index in [9.17, 15) is 10.2 Å². The summed E-state index contributed by atoms with van der Waals surface area (Å²) in [5.41, 5.74) is 2.09. The predicted octanol–water partition coefficient (Wildman–Crippen LogP) is 10.4. The van der Waals surface area contributed by atoms with Crippen molar-refractivity contribution in [2.24, 2.45) is 0 Å². The van der Waals surface area contributed by atoms with E-state index in [1.807, 2.05) is 108 Å². The Kier molecular flexibility index (Phi) is 19.4. The Hall–Kier alpha value is -6.22. The van der Waals surface area contributed by atoms with Crippen LogP contribution in [0.5, 0.6) is 11.5 Å². The number of aromatic amines is 2. The number of hydrogen-bond donors (Lipinski definition) is 8. The van der Waals surface area contributed by atoms with Crippen LogP contribution in [0.2, 0.25) is 10.0 Å². The Morgan fingerprint density at radius 2 is 0.959 bits per heavy atom. The summed E-state index contributed by atoms with van der Waals surface area (Å²) >= 11 is 16.5.